The molecule has 0 saturated heterocycles. The predicted octanol–water partition coefficient (Wildman–Crippen LogP) is 1.62. The average molecular weight is 172 g/mol. The summed E-state index contributed by atoms with van der Waals surface area (Å²) in [5.74, 6) is 2.48. The Morgan fingerprint density at radius 2 is 2.18 bits per heavy atom. The maximum absolute atomic E-state index is 8.57. The normalized spacial score (nSPS) is 16.0. The van der Waals surface area contributed by atoms with Gasteiger partial charge in [0.15, 0.2) is 0 Å². The van der Waals surface area contributed by atoms with Gasteiger partial charge in [0.2, 0.25) is 0 Å². The van der Waals surface area contributed by atoms with Gasteiger partial charge in [0.1, 0.15) is 5.54 Å². The summed E-state index contributed by atoms with van der Waals surface area (Å²) in [7, 11) is 0. The molecule has 0 aliphatic carbocycles. The molecule has 0 aliphatic rings. The standard InChI is InChI=1S/C8H16N2S/c1-7(2)4-11-6-8(3,10)5-9/h7H,4,6,10H2,1-3H3. The minimum Gasteiger partial charge on any atom is -0.313 e. The summed E-state index contributed by atoms with van der Waals surface area (Å²) in [6, 6.07) is 2.07. The van der Waals surface area contributed by atoms with Crippen LogP contribution in [0.25, 0.3) is 0 Å². The fourth-order valence-corrected chi connectivity index (χ4v) is 1.62. The van der Waals surface area contributed by atoms with E-state index in [2.05, 4.69) is 19.9 Å². The maximum Gasteiger partial charge on any atom is 0.110 e. The third kappa shape index (κ3) is 6.21. The lowest BCUT2D eigenvalue weighted by atomic mass is 10.1. The zero-order valence-corrected chi connectivity index (χ0v) is 8.24. The molecule has 2 nitrogen and oxygen atoms in total. The number of thioether (sulfide) groups is 1. The van der Waals surface area contributed by atoms with Crippen LogP contribution < -0.4 is 5.73 Å². The molecule has 0 saturated carbocycles. The van der Waals surface area contributed by atoms with E-state index in [1.807, 2.05) is 0 Å². The van der Waals surface area contributed by atoms with Crippen LogP contribution in [0, 0.1) is 17.2 Å². The molecular weight excluding hydrogens is 156 g/mol. The molecule has 0 spiro atoms. The quantitative estimate of drug-likeness (QED) is 0.701. The lowest BCUT2D eigenvalue weighted by molar-refractivity contribution is 0.678. The molecule has 0 aromatic rings. The first-order chi connectivity index (χ1) is 4.98. The van der Waals surface area contributed by atoms with Crippen molar-refractivity contribution >= 4 is 11.8 Å². The zero-order chi connectivity index (χ0) is 8.91. The number of hydrogen-bond donors (Lipinski definition) is 1. The Morgan fingerprint density at radius 1 is 1.64 bits per heavy atom. The molecule has 0 heterocycles. The van der Waals surface area contributed by atoms with Crippen molar-refractivity contribution in [2.24, 2.45) is 11.7 Å². The Balaban J connectivity index is 3.48. The summed E-state index contributed by atoms with van der Waals surface area (Å²) in [4.78, 5) is 0. The molecule has 0 bridgehead atoms. The number of nitriles is 1. The highest BCUT2D eigenvalue weighted by Gasteiger charge is 2.16. The van der Waals surface area contributed by atoms with Crippen molar-refractivity contribution in [2.45, 2.75) is 26.3 Å². The van der Waals surface area contributed by atoms with Crippen LogP contribution in [0.5, 0.6) is 0 Å². The van der Waals surface area contributed by atoms with Crippen LogP contribution in [0.15, 0.2) is 0 Å². The highest BCUT2D eigenvalue weighted by molar-refractivity contribution is 7.99. The number of rotatable bonds is 4. The molecule has 3 heteroatoms. The van der Waals surface area contributed by atoms with Gasteiger partial charge in [-0.05, 0) is 18.6 Å². The fourth-order valence-electron chi connectivity index (χ4n) is 0.539. The topological polar surface area (TPSA) is 49.8 Å². The summed E-state index contributed by atoms with van der Waals surface area (Å²) in [6.45, 7) is 6.08. The second-order valence-corrected chi connectivity index (χ2v) is 4.47. The number of nitrogens with two attached hydrogens (primary N) is 1. The molecule has 0 amide bonds. The molecule has 2 N–H and O–H groups in total. The molecule has 0 aromatic carbocycles. The van der Waals surface area contributed by atoms with Gasteiger partial charge >= 0.3 is 0 Å². The van der Waals surface area contributed by atoms with Gasteiger partial charge in [0.25, 0.3) is 0 Å². The predicted molar refractivity (Wildman–Crippen MR) is 50.4 cm³/mol. The van der Waals surface area contributed by atoms with Gasteiger partial charge in [-0.15, -0.1) is 0 Å². The van der Waals surface area contributed by atoms with Gasteiger partial charge in [-0.2, -0.15) is 17.0 Å². The highest BCUT2D eigenvalue weighted by atomic mass is 32.2. The van der Waals surface area contributed by atoms with E-state index < -0.39 is 5.54 Å². The molecule has 0 rings (SSSR count). The van der Waals surface area contributed by atoms with Gasteiger partial charge in [-0.3, -0.25) is 0 Å². The number of nitrogens with zero attached hydrogens (tertiary/aromatic N) is 1. The third-order valence-corrected chi connectivity index (χ3v) is 2.81. The van der Waals surface area contributed by atoms with E-state index in [1.165, 1.54) is 0 Å². The SMILES string of the molecule is CC(C)CSCC(C)(N)C#N. The van der Waals surface area contributed by atoms with Crippen LogP contribution in [0.1, 0.15) is 20.8 Å². The molecule has 0 fully saturated rings. The summed E-state index contributed by atoms with van der Waals surface area (Å²) in [5.41, 5.74) is 4.97. The van der Waals surface area contributed by atoms with Crippen LogP contribution in [-0.2, 0) is 0 Å². The minimum atomic E-state index is -0.653. The third-order valence-electron chi connectivity index (χ3n) is 1.11. The lowest BCUT2D eigenvalue weighted by Crippen LogP contribution is -2.37. The Kier molecular flexibility index (Phi) is 4.55. The van der Waals surface area contributed by atoms with Crippen molar-refractivity contribution in [2.75, 3.05) is 11.5 Å². The van der Waals surface area contributed by atoms with Gasteiger partial charge < -0.3 is 5.73 Å². The molecular formula is C8H16N2S. The first-order valence-corrected chi connectivity index (χ1v) is 4.91. The molecule has 1 unspecified atom stereocenters. The molecule has 11 heavy (non-hydrogen) atoms. The van der Waals surface area contributed by atoms with Crippen molar-refractivity contribution < 1.29 is 0 Å². The van der Waals surface area contributed by atoms with Gasteiger partial charge in [0.05, 0.1) is 6.07 Å². The molecule has 64 valence electrons. The lowest BCUT2D eigenvalue weighted by Gasteiger charge is -2.14. The van der Waals surface area contributed by atoms with Crippen molar-refractivity contribution in [1.29, 1.82) is 5.26 Å². The van der Waals surface area contributed by atoms with E-state index in [-0.39, 0.29) is 0 Å². The van der Waals surface area contributed by atoms with Crippen LogP contribution >= 0.6 is 11.8 Å². The van der Waals surface area contributed by atoms with E-state index >= 15 is 0 Å². The molecule has 0 aliphatic heterocycles. The monoisotopic (exact) mass is 172 g/mol. The summed E-state index contributed by atoms with van der Waals surface area (Å²) < 4.78 is 0. The fraction of sp³-hybridized carbons (Fsp3) is 0.875. The Labute approximate surface area is 73.1 Å². The molecule has 0 aromatic heterocycles. The van der Waals surface area contributed by atoms with Gasteiger partial charge in [-0.1, -0.05) is 13.8 Å². The summed E-state index contributed by atoms with van der Waals surface area (Å²) in [6.07, 6.45) is 0. The number of hydrogen-bond acceptors (Lipinski definition) is 3. The van der Waals surface area contributed by atoms with Crippen molar-refractivity contribution in [3.8, 4) is 6.07 Å². The van der Waals surface area contributed by atoms with Crippen LogP contribution in [0.2, 0.25) is 0 Å². The van der Waals surface area contributed by atoms with Crippen molar-refractivity contribution in [3.05, 3.63) is 0 Å². The van der Waals surface area contributed by atoms with Crippen molar-refractivity contribution in [1.82, 2.24) is 0 Å². The molecule has 1 atom stereocenters. The summed E-state index contributed by atoms with van der Waals surface area (Å²) in [5, 5.41) is 8.57. The Bertz CT molecular complexity index is 147. The summed E-state index contributed by atoms with van der Waals surface area (Å²) >= 11 is 1.75. The van der Waals surface area contributed by atoms with Gasteiger partial charge in [-0.25, -0.2) is 0 Å². The van der Waals surface area contributed by atoms with Crippen LogP contribution in [0.3, 0.4) is 0 Å². The van der Waals surface area contributed by atoms with E-state index in [4.69, 9.17) is 11.0 Å². The van der Waals surface area contributed by atoms with E-state index in [9.17, 15) is 0 Å². The first-order valence-electron chi connectivity index (χ1n) is 3.76. The van der Waals surface area contributed by atoms with Crippen LogP contribution in [-0.4, -0.2) is 17.0 Å². The van der Waals surface area contributed by atoms with E-state index in [0.717, 1.165) is 11.5 Å². The second kappa shape index (κ2) is 4.63. The first kappa shape index (κ1) is 10.8. The van der Waals surface area contributed by atoms with E-state index in [0.29, 0.717) is 5.92 Å². The Hall–Kier alpha value is -0.200. The Morgan fingerprint density at radius 3 is 2.55 bits per heavy atom. The minimum absolute atomic E-state index is 0.653. The second-order valence-electron chi connectivity index (χ2n) is 3.44. The average Bonchev–Trinajstić information content (AvgIpc) is 1.87. The largest absolute Gasteiger partial charge is 0.313 e. The molecule has 0 radical (unpaired) electrons. The smallest absolute Gasteiger partial charge is 0.110 e. The zero-order valence-electron chi connectivity index (χ0n) is 7.42. The van der Waals surface area contributed by atoms with E-state index in [1.54, 1.807) is 18.7 Å². The maximum atomic E-state index is 8.57. The van der Waals surface area contributed by atoms with Gasteiger partial charge in [0, 0.05) is 5.75 Å². The van der Waals surface area contributed by atoms with Crippen LogP contribution in [0.4, 0.5) is 0 Å². The highest BCUT2D eigenvalue weighted by Crippen LogP contribution is 2.12. The van der Waals surface area contributed by atoms with Crippen molar-refractivity contribution in [3.63, 3.8) is 0 Å².